The highest BCUT2D eigenvalue weighted by atomic mass is 16.3. The van der Waals surface area contributed by atoms with Crippen LogP contribution in [0.3, 0.4) is 0 Å². The molecule has 1 N–H and O–H groups in total. The highest BCUT2D eigenvalue weighted by Crippen LogP contribution is 2.21. The van der Waals surface area contributed by atoms with Crippen LogP contribution in [0.1, 0.15) is 24.0 Å². The Morgan fingerprint density at radius 3 is 2.94 bits per heavy atom. The molecule has 2 heteroatoms. The average molecular weight is 219 g/mol. The Kier molecular flexibility index (Phi) is 3.97. The molecule has 1 aliphatic rings. The molecule has 0 spiro atoms. The van der Waals surface area contributed by atoms with E-state index >= 15 is 0 Å². The van der Waals surface area contributed by atoms with Crippen LogP contribution in [-0.2, 0) is 6.54 Å². The first kappa shape index (κ1) is 11.6. The van der Waals surface area contributed by atoms with Crippen LogP contribution in [0.5, 0.6) is 0 Å². The highest BCUT2D eigenvalue weighted by Gasteiger charge is 2.21. The molecule has 16 heavy (non-hydrogen) atoms. The van der Waals surface area contributed by atoms with Crippen molar-refractivity contribution in [2.45, 2.75) is 26.3 Å². The second-order valence-electron chi connectivity index (χ2n) is 4.83. The lowest BCUT2D eigenvalue weighted by Gasteiger charge is -2.17. The molecule has 1 heterocycles. The van der Waals surface area contributed by atoms with Gasteiger partial charge in [0.2, 0.25) is 0 Å². The van der Waals surface area contributed by atoms with Gasteiger partial charge < -0.3 is 5.11 Å². The van der Waals surface area contributed by atoms with Crippen molar-refractivity contribution in [1.82, 2.24) is 4.90 Å². The summed E-state index contributed by atoms with van der Waals surface area (Å²) in [7, 11) is 0. The number of nitrogens with zero attached hydrogens (tertiary/aromatic N) is 1. The van der Waals surface area contributed by atoms with Crippen LogP contribution in [0, 0.1) is 12.8 Å². The fraction of sp³-hybridized carbons (Fsp3) is 0.571. The second-order valence-corrected chi connectivity index (χ2v) is 4.83. The molecule has 0 amide bonds. The maximum absolute atomic E-state index is 8.93. The van der Waals surface area contributed by atoms with Crippen LogP contribution >= 0.6 is 0 Å². The summed E-state index contributed by atoms with van der Waals surface area (Å²) in [4.78, 5) is 2.50. The molecule has 2 rings (SSSR count). The van der Waals surface area contributed by atoms with Gasteiger partial charge in [-0.05, 0) is 43.4 Å². The third-order valence-corrected chi connectivity index (χ3v) is 3.56. The summed E-state index contributed by atoms with van der Waals surface area (Å²) >= 11 is 0. The van der Waals surface area contributed by atoms with Crippen molar-refractivity contribution in [3.63, 3.8) is 0 Å². The lowest BCUT2D eigenvalue weighted by atomic mass is 10.1. The van der Waals surface area contributed by atoms with E-state index in [0.29, 0.717) is 12.5 Å². The Balaban J connectivity index is 1.90. The topological polar surface area (TPSA) is 23.5 Å². The predicted octanol–water partition coefficient (Wildman–Crippen LogP) is 2.20. The van der Waals surface area contributed by atoms with Gasteiger partial charge in [0, 0.05) is 19.7 Å². The Morgan fingerprint density at radius 2 is 2.19 bits per heavy atom. The largest absolute Gasteiger partial charge is 0.396 e. The van der Waals surface area contributed by atoms with E-state index in [2.05, 4.69) is 36.1 Å². The minimum absolute atomic E-state index is 0.336. The van der Waals surface area contributed by atoms with Crippen molar-refractivity contribution in [1.29, 1.82) is 0 Å². The van der Waals surface area contributed by atoms with Gasteiger partial charge in [-0.1, -0.05) is 24.3 Å². The molecule has 1 fully saturated rings. The molecule has 1 aromatic rings. The summed E-state index contributed by atoms with van der Waals surface area (Å²) in [5, 5.41) is 8.93. The average Bonchev–Trinajstić information content (AvgIpc) is 2.70. The molecular formula is C14H21NO. The normalized spacial score (nSPS) is 21.5. The first-order valence-corrected chi connectivity index (χ1v) is 6.17. The van der Waals surface area contributed by atoms with E-state index in [1.807, 2.05) is 0 Å². The number of aryl methyl sites for hydroxylation is 1. The molecule has 0 saturated carbocycles. The molecule has 0 radical (unpaired) electrons. The number of hydrogen-bond acceptors (Lipinski definition) is 2. The number of aliphatic hydroxyl groups excluding tert-OH is 1. The molecule has 0 aromatic heterocycles. The number of likely N-dealkylation sites (tertiary alicyclic amines) is 1. The molecule has 88 valence electrons. The van der Waals surface area contributed by atoms with Gasteiger partial charge in [-0.25, -0.2) is 0 Å². The third-order valence-electron chi connectivity index (χ3n) is 3.56. The van der Waals surface area contributed by atoms with Crippen molar-refractivity contribution in [3.8, 4) is 0 Å². The number of benzene rings is 1. The molecule has 1 atom stereocenters. The summed E-state index contributed by atoms with van der Waals surface area (Å²) in [5.41, 5.74) is 2.82. The monoisotopic (exact) mass is 219 g/mol. The van der Waals surface area contributed by atoms with Gasteiger partial charge in [0.15, 0.2) is 0 Å². The van der Waals surface area contributed by atoms with Crippen molar-refractivity contribution in [2.75, 3.05) is 19.7 Å². The number of rotatable bonds is 4. The molecule has 1 aliphatic heterocycles. The zero-order valence-corrected chi connectivity index (χ0v) is 10.0. The SMILES string of the molecule is Cc1ccccc1CN1CCC(CCO)C1. The van der Waals surface area contributed by atoms with Crippen LogP contribution in [0.4, 0.5) is 0 Å². The minimum atomic E-state index is 0.336. The molecule has 0 bridgehead atoms. The Morgan fingerprint density at radius 1 is 1.38 bits per heavy atom. The zero-order chi connectivity index (χ0) is 11.4. The summed E-state index contributed by atoms with van der Waals surface area (Å²) in [6, 6.07) is 8.60. The number of hydrogen-bond donors (Lipinski definition) is 1. The summed E-state index contributed by atoms with van der Waals surface area (Å²) in [6.07, 6.45) is 2.21. The van der Waals surface area contributed by atoms with Crippen LogP contribution in [-0.4, -0.2) is 29.7 Å². The first-order chi connectivity index (χ1) is 7.79. The van der Waals surface area contributed by atoms with Gasteiger partial charge in [-0.15, -0.1) is 0 Å². The van der Waals surface area contributed by atoms with Crippen molar-refractivity contribution in [2.24, 2.45) is 5.92 Å². The minimum Gasteiger partial charge on any atom is -0.396 e. The Labute approximate surface area is 97.9 Å². The maximum atomic E-state index is 8.93. The van der Waals surface area contributed by atoms with E-state index in [-0.39, 0.29) is 0 Å². The van der Waals surface area contributed by atoms with E-state index in [1.165, 1.54) is 24.1 Å². The standard InChI is InChI=1S/C14H21NO/c1-12-4-2-3-5-14(12)11-15-8-6-13(10-15)7-9-16/h2-5,13,16H,6-11H2,1H3. The van der Waals surface area contributed by atoms with Crippen LogP contribution in [0.2, 0.25) is 0 Å². The van der Waals surface area contributed by atoms with Crippen molar-refractivity contribution >= 4 is 0 Å². The Hall–Kier alpha value is -0.860. The van der Waals surface area contributed by atoms with Gasteiger partial charge in [0.1, 0.15) is 0 Å². The van der Waals surface area contributed by atoms with E-state index < -0.39 is 0 Å². The fourth-order valence-electron chi connectivity index (χ4n) is 2.50. The van der Waals surface area contributed by atoms with Gasteiger partial charge in [0.25, 0.3) is 0 Å². The van der Waals surface area contributed by atoms with E-state index in [4.69, 9.17) is 5.11 Å². The molecule has 0 aliphatic carbocycles. The van der Waals surface area contributed by atoms with Gasteiger partial charge >= 0.3 is 0 Å². The quantitative estimate of drug-likeness (QED) is 0.839. The maximum Gasteiger partial charge on any atom is 0.0434 e. The van der Waals surface area contributed by atoms with Crippen LogP contribution in [0.25, 0.3) is 0 Å². The molecular weight excluding hydrogens is 198 g/mol. The van der Waals surface area contributed by atoms with Gasteiger partial charge in [-0.3, -0.25) is 4.90 Å². The highest BCUT2D eigenvalue weighted by molar-refractivity contribution is 5.25. The molecule has 1 saturated heterocycles. The lowest BCUT2D eigenvalue weighted by Crippen LogP contribution is -2.20. The van der Waals surface area contributed by atoms with E-state index in [1.54, 1.807) is 0 Å². The molecule has 1 unspecified atom stereocenters. The molecule has 2 nitrogen and oxygen atoms in total. The fourth-order valence-corrected chi connectivity index (χ4v) is 2.50. The smallest absolute Gasteiger partial charge is 0.0434 e. The van der Waals surface area contributed by atoms with Crippen molar-refractivity contribution < 1.29 is 5.11 Å². The van der Waals surface area contributed by atoms with Gasteiger partial charge in [-0.2, -0.15) is 0 Å². The van der Waals surface area contributed by atoms with Crippen LogP contribution in [0.15, 0.2) is 24.3 Å². The Bertz CT molecular complexity index is 337. The number of aliphatic hydroxyl groups is 1. The molecule has 1 aromatic carbocycles. The second kappa shape index (κ2) is 5.46. The van der Waals surface area contributed by atoms with Crippen molar-refractivity contribution in [3.05, 3.63) is 35.4 Å². The summed E-state index contributed by atoms with van der Waals surface area (Å²) in [5.74, 6) is 0.703. The van der Waals surface area contributed by atoms with Gasteiger partial charge in [0.05, 0.1) is 0 Å². The summed E-state index contributed by atoms with van der Waals surface area (Å²) < 4.78 is 0. The first-order valence-electron chi connectivity index (χ1n) is 6.17. The predicted molar refractivity (Wildman–Crippen MR) is 66.3 cm³/mol. The van der Waals surface area contributed by atoms with E-state index in [9.17, 15) is 0 Å². The summed E-state index contributed by atoms with van der Waals surface area (Å²) in [6.45, 7) is 5.90. The lowest BCUT2D eigenvalue weighted by molar-refractivity contribution is 0.249. The third kappa shape index (κ3) is 2.83. The van der Waals surface area contributed by atoms with E-state index in [0.717, 1.165) is 19.5 Å². The zero-order valence-electron chi connectivity index (χ0n) is 10.0. The van der Waals surface area contributed by atoms with Crippen LogP contribution < -0.4 is 0 Å².